The molecule has 2 saturated carbocycles. The highest BCUT2D eigenvalue weighted by Gasteiger charge is 2.33. The minimum absolute atomic E-state index is 0.133. The first-order valence-electron chi connectivity index (χ1n) is 10.4. The Balaban J connectivity index is 1.36. The van der Waals surface area contributed by atoms with Gasteiger partial charge in [0.05, 0.1) is 5.25 Å². The van der Waals surface area contributed by atoms with Gasteiger partial charge >= 0.3 is 0 Å². The van der Waals surface area contributed by atoms with Crippen LogP contribution in [0, 0.1) is 5.92 Å². The van der Waals surface area contributed by atoms with Gasteiger partial charge in [-0.3, -0.25) is 9.36 Å². The molecule has 144 valence electrons. The summed E-state index contributed by atoms with van der Waals surface area (Å²) in [6.07, 6.45) is 11.4. The van der Waals surface area contributed by atoms with Gasteiger partial charge in [0.15, 0.2) is 5.16 Å². The van der Waals surface area contributed by atoms with Crippen molar-refractivity contribution in [3.8, 4) is 0 Å². The summed E-state index contributed by atoms with van der Waals surface area (Å²) in [5.74, 6) is 1.82. The van der Waals surface area contributed by atoms with Crippen molar-refractivity contribution < 1.29 is 4.79 Å². The molecule has 1 atom stereocenters. The lowest BCUT2D eigenvalue weighted by atomic mass is 9.89. The number of thioether (sulfide) groups is 1. The van der Waals surface area contributed by atoms with Crippen LogP contribution >= 0.6 is 11.8 Å². The Morgan fingerprint density at radius 2 is 1.85 bits per heavy atom. The van der Waals surface area contributed by atoms with Gasteiger partial charge < -0.3 is 10.2 Å². The lowest BCUT2D eigenvalue weighted by Crippen LogP contribution is -2.35. The van der Waals surface area contributed by atoms with Crippen molar-refractivity contribution in [1.82, 2.24) is 20.1 Å². The molecule has 2 heterocycles. The van der Waals surface area contributed by atoms with E-state index in [2.05, 4.69) is 25.0 Å². The van der Waals surface area contributed by atoms with E-state index in [1.165, 1.54) is 57.8 Å². The van der Waals surface area contributed by atoms with E-state index >= 15 is 0 Å². The van der Waals surface area contributed by atoms with Crippen LogP contribution in [-0.4, -0.2) is 45.6 Å². The number of nitrogens with one attached hydrogen (secondary N) is 1. The second kappa shape index (κ2) is 8.19. The molecular formula is C19H31N5OS. The number of aromatic nitrogens is 3. The summed E-state index contributed by atoms with van der Waals surface area (Å²) in [5.41, 5.74) is 0. The summed E-state index contributed by atoms with van der Waals surface area (Å²) in [6.45, 7) is 4.97. The molecule has 0 aromatic carbocycles. The second-order valence-corrected chi connectivity index (χ2v) is 9.40. The molecule has 1 aromatic heterocycles. The van der Waals surface area contributed by atoms with Crippen molar-refractivity contribution in [3.63, 3.8) is 0 Å². The van der Waals surface area contributed by atoms with Gasteiger partial charge in [0, 0.05) is 25.7 Å². The quantitative estimate of drug-likeness (QED) is 0.738. The summed E-state index contributed by atoms with van der Waals surface area (Å²) >= 11 is 1.56. The molecule has 4 rings (SSSR count). The zero-order valence-corrected chi connectivity index (χ0v) is 16.6. The van der Waals surface area contributed by atoms with E-state index in [-0.39, 0.29) is 11.2 Å². The Labute approximate surface area is 160 Å². The minimum Gasteiger partial charge on any atom is -0.355 e. The molecule has 2 aliphatic carbocycles. The zero-order chi connectivity index (χ0) is 17.9. The molecule has 1 aliphatic heterocycles. The Morgan fingerprint density at radius 3 is 2.54 bits per heavy atom. The molecule has 1 saturated heterocycles. The summed E-state index contributed by atoms with van der Waals surface area (Å²) in [6, 6.07) is 0.528. The number of carbonyl (C=O) groups excluding carboxylic acids is 1. The maximum atomic E-state index is 12.6. The van der Waals surface area contributed by atoms with Crippen molar-refractivity contribution in [2.24, 2.45) is 5.92 Å². The standard InChI is InChI=1S/C19H31N5OS/c1-14(17(25)20-13-15-7-3-2-4-8-15)26-19-22-21-18(23-11-5-6-12-23)24(19)16-9-10-16/h14-16H,2-13H2,1H3,(H,20,25)/t14-/m0/s1. The smallest absolute Gasteiger partial charge is 0.233 e. The van der Waals surface area contributed by atoms with Crippen LogP contribution in [0.2, 0.25) is 0 Å². The van der Waals surface area contributed by atoms with Crippen molar-refractivity contribution in [2.45, 2.75) is 81.2 Å². The Hall–Kier alpha value is -1.24. The highest BCUT2D eigenvalue weighted by atomic mass is 32.2. The molecular weight excluding hydrogens is 346 g/mol. The molecule has 7 heteroatoms. The summed E-state index contributed by atoms with van der Waals surface area (Å²) in [7, 11) is 0. The Bertz CT molecular complexity index is 617. The monoisotopic (exact) mass is 377 g/mol. The van der Waals surface area contributed by atoms with E-state index in [0.717, 1.165) is 30.7 Å². The molecule has 0 bridgehead atoms. The fourth-order valence-electron chi connectivity index (χ4n) is 4.13. The maximum absolute atomic E-state index is 12.6. The average molecular weight is 378 g/mol. The molecule has 0 spiro atoms. The van der Waals surface area contributed by atoms with Gasteiger partial charge in [-0.2, -0.15) is 0 Å². The maximum Gasteiger partial charge on any atom is 0.233 e. The van der Waals surface area contributed by atoms with E-state index in [1.54, 1.807) is 11.8 Å². The molecule has 1 N–H and O–H groups in total. The number of hydrogen-bond acceptors (Lipinski definition) is 5. The molecule has 6 nitrogen and oxygen atoms in total. The topological polar surface area (TPSA) is 63.1 Å². The number of hydrogen-bond donors (Lipinski definition) is 1. The highest BCUT2D eigenvalue weighted by molar-refractivity contribution is 8.00. The Kier molecular flexibility index (Phi) is 5.72. The number of amides is 1. The molecule has 3 fully saturated rings. The number of carbonyl (C=O) groups is 1. The fraction of sp³-hybridized carbons (Fsp3) is 0.842. The largest absolute Gasteiger partial charge is 0.355 e. The SMILES string of the molecule is C[C@H](Sc1nnc(N2CCCC2)n1C1CC1)C(=O)NCC1CCCCC1. The summed E-state index contributed by atoms with van der Waals surface area (Å²) < 4.78 is 2.29. The molecule has 3 aliphatic rings. The minimum atomic E-state index is -0.133. The van der Waals surface area contributed by atoms with Crippen LogP contribution in [-0.2, 0) is 4.79 Å². The third-order valence-electron chi connectivity index (χ3n) is 5.89. The van der Waals surface area contributed by atoms with Crippen LogP contribution in [0.5, 0.6) is 0 Å². The number of anilines is 1. The van der Waals surface area contributed by atoms with Crippen LogP contribution in [0.25, 0.3) is 0 Å². The third kappa shape index (κ3) is 4.18. The van der Waals surface area contributed by atoms with Crippen molar-refractivity contribution in [1.29, 1.82) is 0 Å². The van der Waals surface area contributed by atoms with E-state index in [9.17, 15) is 4.79 Å². The van der Waals surface area contributed by atoms with E-state index < -0.39 is 0 Å². The third-order valence-corrected chi connectivity index (χ3v) is 6.95. The van der Waals surface area contributed by atoms with Gasteiger partial charge in [0.25, 0.3) is 0 Å². The number of nitrogens with zero attached hydrogens (tertiary/aromatic N) is 4. The first-order valence-corrected chi connectivity index (χ1v) is 11.2. The lowest BCUT2D eigenvalue weighted by Gasteiger charge is -2.22. The van der Waals surface area contributed by atoms with Gasteiger partial charge in [0.1, 0.15) is 0 Å². The lowest BCUT2D eigenvalue weighted by molar-refractivity contribution is -0.120. The van der Waals surface area contributed by atoms with Gasteiger partial charge in [-0.1, -0.05) is 31.0 Å². The van der Waals surface area contributed by atoms with Crippen LogP contribution < -0.4 is 10.2 Å². The first-order chi connectivity index (χ1) is 12.7. The Morgan fingerprint density at radius 1 is 1.12 bits per heavy atom. The second-order valence-electron chi connectivity index (χ2n) is 8.09. The molecule has 0 unspecified atom stereocenters. The average Bonchev–Trinajstić information content (AvgIpc) is 3.18. The van der Waals surface area contributed by atoms with Crippen LogP contribution in [0.1, 0.15) is 70.8 Å². The van der Waals surface area contributed by atoms with Crippen LogP contribution in [0.4, 0.5) is 5.95 Å². The van der Waals surface area contributed by atoms with Crippen molar-refractivity contribution in [3.05, 3.63) is 0 Å². The van der Waals surface area contributed by atoms with E-state index in [1.807, 2.05) is 6.92 Å². The van der Waals surface area contributed by atoms with E-state index in [0.29, 0.717) is 12.0 Å². The molecule has 26 heavy (non-hydrogen) atoms. The van der Waals surface area contributed by atoms with Crippen molar-refractivity contribution in [2.75, 3.05) is 24.5 Å². The van der Waals surface area contributed by atoms with Crippen LogP contribution in [0.3, 0.4) is 0 Å². The van der Waals surface area contributed by atoms with Gasteiger partial charge in [-0.05, 0) is 51.4 Å². The number of rotatable bonds is 7. The summed E-state index contributed by atoms with van der Waals surface area (Å²) in [5, 5.41) is 12.9. The molecule has 1 aromatic rings. The van der Waals surface area contributed by atoms with Crippen molar-refractivity contribution >= 4 is 23.6 Å². The van der Waals surface area contributed by atoms with Gasteiger partial charge in [0.2, 0.25) is 11.9 Å². The first kappa shape index (κ1) is 18.1. The highest BCUT2D eigenvalue weighted by Crippen LogP contribution is 2.42. The van der Waals surface area contributed by atoms with Gasteiger partial charge in [-0.25, -0.2) is 0 Å². The predicted octanol–water partition coefficient (Wildman–Crippen LogP) is 3.39. The van der Waals surface area contributed by atoms with Gasteiger partial charge in [-0.15, -0.1) is 10.2 Å². The fourth-order valence-corrected chi connectivity index (χ4v) is 5.07. The predicted molar refractivity (Wildman–Crippen MR) is 105 cm³/mol. The normalized spacial score (nSPS) is 22.6. The molecule has 1 amide bonds. The zero-order valence-electron chi connectivity index (χ0n) is 15.8. The van der Waals surface area contributed by atoms with Crippen LogP contribution in [0.15, 0.2) is 5.16 Å². The molecule has 0 radical (unpaired) electrons. The summed E-state index contributed by atoms with van der Waals surface area (Å²) in [4.78, 5) is 14.9. The van der Waals surface area contributed by atoms with E-state index in [4.69, 9.17) is 0 Å².